The summed E-state index contributed by atoms with van der Waals surface area (Å²) in [5, 5.41) is 2.04. The van der Waals surface area contributed by atoms with Gasteiger partial charge in [-0.15, -0.1) is 0 Å². The zero-order chi connectivity index (χ0) is 17.1. The zero-order valence-corrected chi connectivity index (χ0v) is 14.0. The molecule has 0 aromatic heterocycles. The van der Waals surface area contributed by atoms with Gasteiger partial charge in [-0.3, -0.25) is 9.59 Å². The van der Waals surface area contributed by atoms with Crippen molar-refractivity contribution in [1.82, 2.24) is 0 Å². The molecule has 0 aliphatic heterocycles. The maximum absolute atomic E-state index is 12.2. The smallest absolute Gasteiger partial charge is 0.163 e. The van der Waals surface area contributed by atoms with E-state index in [9.17, 15) is 9.59 Å². The molecule has 24 heavy (non-hydrogen) atoms. The van der Waals surface area contributed by atoms with E-state index >= 15 is 0 Å². The van der Waals surface area contributed by atoms with Crippen LogP contribution in [0.3, 0.4) is 0 Å². The first-order valence-electron chi connectivity index (χ1n) is 8.34. The van der Waals surface area contributed by atoms with E-state index < -0.39 is 0 Å². The molecule has 0 bridgehead atoms. The highest BCUT2D eigenvalue weighted by Crippen LogP contribution is 2.31. The van der Waals surface area contributed by atoms with Crippen LogP contribution < -0.4 is 0 Å². The van der Waals surface area contributed by atoms with Gasteiger partial charge in [-0.05, 0) is 21.9 Å². The Hall–Kier alpha value is -2.74. The van der Waals surface area contributed by atoms with E-state index in [1.54, 1.807) is 0 Å². The van der Waals surface area contributed by atoms with Crippen LogP contribution in [0.15, 0.2) is 60.7 Å². The average molecular weight is 316 g/mol. The number of benzene rings is 3. The molecule has 0 radical (unpaired) electrons. The lowest BCUT2D eigenvalue weighted by molar-refractivity contribution is 0.0981. The monoisotopic (exact) mass is 316 g/mol. The molecular weight excluding hydrogens is 296 g/mol. The summed E-state index contributed by atoms with van der Waals surface area (Å²) in [6, 6.07) is 19.6. The van der Waals surface area contributed by atoms with E-state index in [0.717, 1.165) is 33.0 Å². The van der Waals surface area contributed by atoms with E-state index in [4.69, 9.17) is 0 Å². The highest BCUT2D eigenvalue weighted by Gasteiger charge is 2.12. The van der Waals surface area contributed by atoms with Gasteiger partial charge in [0.1, 0.15) is 0 Å². The minimum Gasteiger partial charge on any atom is -0.294 e. The Morgan fingerprint density at radius 3 is 1.96 bits per heavy atom. The third kappa shape index (κ3) is 2.88. The van der Waals surface area contributed by atoms with E-state index in [1.807, 2.05) is 74.5 Å². The second-order valence-corrected chi connectivity index (χ2v) is 5.84. The molecule has 3 aromatic rings. The molecular formula is C22H20O2. The number of carbonyl (C=O) groups excluding carboxylic acids is 2. The molecule has 0 saturated carbocycles. The van der Waals surface area contributed by atoms with Crippen molar-refractivity contribution >= 4 is 22.3 Å². The second-order valence-electron chi connectivity index (χ2n) is 5.84. The van der Waals surface area contributed by atoms with Crippen molar-refractivity contribution in [2.24, 2.45) is 0 Å². The Labute approximate surface area is 142 Å². The number of hydrogen-bond acceptors (Lipinski definition) is 2. The molecule has 0 atom stereocenters. The van der Waals surface area contributed by atoms with E-state index in [1.165, 1.54) is 0 Å². The molecule has 0 saturated heterocycles. The molecule has 0 amide bonds. The fraction of sp³-hybridized carbons (Fsp3) is 0.182. The Balaban J connectivity index is 2.14. The van der Waals surface area contributed by atoms with Crippen LogP contribution in [-0.4, -0.2) is 11.6 Å². The third-order valence-corrected chi connectivity index (χ3v) is 4.38. The summed E-state index contributed by atoms with van der Waals surface area (Å²) in [6.45, 7) is 3.75. The zero-order valence-electron chi connectivity index (χ0n) is 14.0. The lowest BCUT2D eigenvalue weighted by Crippen LogP contribution is -1.99. The van der Waals surface area contributed by atoms with E-state index in [-0.39, 0.29) is 11.6 Å². The first-order chi connectivity index (χ1) is 11.7. The quantitative estimate of drug-likeness (QED) is 0.566. The molecule has 2 nitrogen and oxygen atoms in total. The van der Waals surface area contributed by atoms with Gasteiger partial charge in [0.2, 0.25) is 0 Å². The molecule has 3 aromatic carbocycles. The number of carbonyl (C=O) groups is 2. The number of Topliss-reactive ketones (excluding diaryl/α,β-unsaturated/α-hetero) is 2. The highest BCUT2D eigenvalue weighted by atomic mass is 16.1. The molecule has 2 heteroatoms. The fourth-order valence-corrected chi connectivity index (χ4v) is 3.02. The van der Waals surface area contributed by atoms with Crippen molar-refractivity contribution in [3.8, 4) is 11.1 Å². The number of ketones is 2. The molecule has 0 unspecified atom stereocenters. The molecule has 3 rings (SSSR count). The van der Waals surface area contributed by atoms with Crippen LogP contribution in [0.1, 0.15) is 47.4 Å². The van der Waals surface area contributed by atoms with Crippen molar-refractivity contribution < 1.29 is 9.59 Å². The van der Waals surface area contributed by atoms with Gasteiger partial charge in [0.15, 0.2) is 11.6 Å². The average Bonchev–Trinajstić information content (AvgIpc) is 2.66. The summed E-state index contributed by atoms with van der Waals surface area (Å²) in [5.41, 5.74) is 3.64. The van der Waals surface area contributed by atoms with Gasteiger partial charge >= 0.3 is 0 Å². The SMILES string of the molecule is CCC(=O)c1ccc(-c2ccc(C(=O)CC)c3ccccc23)cc1. The first kappa shape index (κ1) is 16.1. The van der Waals surface area contributed by atoms with Crippen LogP contribution in [0.2, 0.25) is 0 Å². The molecule has 0 N–H and O–H groups in total. The van der Waals surface area contributed by atoms with Crippen LogP contribution in [0.25, 0.3) is 21.9 Å². The lowest BCUT2D eigenvalue weighted by Gasteiger charge is -2.11. The molecule has 0 fully saturated rings. The van der Waals surface area contributed by atoms with Gasteiger partial charge in [0.05, 0.1) is 0 Å². The van der Waals surface area contributed by atoms with Crippen LogP contribution >= 0.6 is 0 Å². The first-order valence-corrected chi connectivity index (χ1v) is 8.34. The Bertz CT molecular complexity index is 905. The van der Waals surface area contributed by atoms with Gasteiger partial charge < -0.3 is 0 Å². The van der Waals surface area contributed by atoms with Crippen LogP contribution in [0.4, 0.5) is 0 Å². The van der Waals surface area contributed by atoms with Crippen LogP contribution in [0.5, 0.6) is 0 Å². The minimum atomic E-state index is 0.148. The summed E-state index contributed by atoms with van der Waals surface area (Å²) < 4.78 is 0. The summed E-state index contributed by atoms with van der Waals surface area (Å²) in [6.07, 6.45) is 1.01. The number of hydrogen-bond donors (Lipinski definition) is 0. The predicted molar refractivity (Wildman–Crippen MR) is 98.6 cm³/mol. The summed E-state index contributed by atoms with van der Waals surface area (Å²) in [7, 11) is 0. The van der Waals surface area contributed by atoms with Gasteiger partial charge in [0, 0.05) is 24.0 Å². The molecule has 0 heterocycles. The van der Waals surface area contributed by atoms with Gasteiger partial charge in [0.25, 0.3) is 0 Å². The molecule has 0 aliphatic carbocycles. The van der Waals surface area contributed by atoms with Crippen LogP contribution in [-0.2, 0) is 0 Å². The largest absolute Gasteiger partial charge is 0.294 e. The van der Waals surface area contributed by atoms with Crippen molar-refractivity contribution in [2.75, 3.05) is 0 Å². The van der Waals surface area contributed by atoms with Crippen LogP contribution in [0, 0.1) is 0 Å². The third-order valence-electron chi connectivity index (χ3n) is 4.38. The number of rotatable bonds is 5. The Kier molecular flexibility index (Phi) is 4.57. The maximum atomic E-state index is 12.2. The summed E-state index contributed by atoms with van der Waals surface area (Å²) in [5.74, 6) is 0.303. The molecule has 0 aliphatic rings. The second kappa shape index (κ2) is 6.79. The highest BCUT2D eigenvalue weighted by molar-refractivity contribution is 6.11. The Morgan fingerprint density at radius 2 is 1.33 bits per heavy atom. The lowest BCUT2D eigenvalue weighted by atomic mass is 9.92. The normalized spacial score (nSPS) is 10.8. The van der Waals surface area contributed by atoms with Gasteiger partial charge in [-0.2, -0.15) is 0 Å². The maximum Gasteiger partial charge on any atom is 0.163 e. The number of fused-ring (bicyclic) bond motifs is 1. The topological polar surface area (TPSA) is 34.1 Å². The predicted octanol–water partition coefficient (Wildman–Crippen LogP) is 5.69. The van der Waals surface area contributed by atoms with Crippen molar-refractivity contribution in [1.29, 1.82) is 0 Å². The van der Waals surface area contributed by atoms with Gasteiger partial charge in [-0.25, -0.2) is 0 Å². The van der Waals surface area contributed by atoms with E-state index in [0.29, 0.717) is 12.8 Å². The van der Waals surface area contributed by atoms with Crippen molar-refractivity contribution in [2.45, 2.75) is 26.7 Å². The fourth-order valence-electron chi connectivity index (χ4n) is 3.02. The van der Waals surface area contributed by atoms with E-state index in [2.05, 4.69) is 0 Å². The standard InChI is InChI=1S/C22H20O2/c1-3-21(23)16-11-9-15(10-12-16)17-13-14-20(22(24)4-2)19-8-6-5-7-18(17)19/h5-14H,3-4H2,1-2H3. The van der Waals surface area contributed by atoms with Crippen molar-refractivity contribution in [3.63, 3.8) is 0 Å². The summed E-state index contributed by atoms with van der Waals surface area (Å²) >= 11 is 0. The van der Waals surface area contributed by atoms with Crippen molar-refractivity contribution in [3.05, 3.63) is 71.8 Å². The molecule has 0 spiro atoms. The minimum absolute atomic E-state index is 0.148. The molecule has 120 valence electrons. The van der Waals surface area contributed by atoms with Gasteiger partial charge in [-0.1, -0.05) is 74.5 Å². The Morgan fingerprint density at radius 1 is 0.708 bits per heavy atom. The summed E-state index contributed by atoms with van der Waals surface area (Å²) in [4.78, 5) is 24.0.